The standard InChI is InChI=1S/C21H22BrN3O3S/c1-12-6-5-7-18(13(12)2)27-10-20-24-25-21(28-20)29-11-19(26)23-17-9-8-16(22)14(3)15(17)4/h5-9H,10-11H2,1-4H3,(H,23,26). The minimum atomic E-state index is -0.133. The zero-order valence-corrected chi connectivity index (χ0v) is 19.1. The number of hydrogen-bond donors (Lipinski definition) is 1. The molecule has 0 fully saturated rings. The summed E-state index contributed by atoms with van der Waals surface area (Å²) in [5, 5.41) is 11.2. The molecule has 0 aliphatic carbocycles. The molecule has 3 rings (SSSR count). The van der Waals surface area contributed by atoms with Gasteiger partial charge in [-0.15, -0.1) is 10.2 Å². The van der Waals surface area contributed by atoms with Crippen molar-refractivity contribution in [3.8, 4) is 5.75 Å². The molecule has 0 atom stereocenters. The lowest BCUT2D eigenvalue weighted by molar-refractivity contribution is -0.113. The van der Waals surface area contributed by atoms with Crippen LogP contribution in [0.1, 0.15) is 28.1 Å². The highest BCUT2D eigenvalue weighted by Crippen LogP contribution is 2.26. The van der Waals surface area contributed by atoms with E-state index in [-0.39, 0.29) is 18.3 Å². The van der Waals surface area contributed by atoms with E-state index in [1.54, 1.807) is 0 Å². The van der Waals surface area contributed by atoms with Crippen LogP contribution >= 0.6 is 27.7 Å². The molecule has 0 unspecified atom stereocenters. The van der Waals surface area contributed by atoms with Crippen molar-refractivity contribution >= 4 is 39.3 Å². The van der Waals surface area contributed by atoms with Crippen LogP contribution in [0.25, 0.3) is 0 Å². The molecule has 0 saturated heterocycles. The summed E-state index contributed by atoms with van der Waals surface area (Å²) in [5.74, 6) is 1.20. The summed E-state index contributed by atoms with van der Waals surface area (Å²) in [6.07, 6.45) is 0. The molecule has 152 valence electrons. The molecule has 1 N–H and O–H groups in total. The van der Waals surface area contributed by atoms with E-state index in [2.05, 4.69) is 31.4 Å². The fourth-order valence-corrected chi connectivity index (χ4v) is 3.62. The molecule has 29 heavy (non-hydrogen) atoms. The van der Waals surface area contributed by atoms with E-state index in [1.807, 2.05) is 58.0 Å². The molecule has 0 radical (unpaired) electrons. The van der Waals surface area contributed by atoms with E-state index in [1.165, 1.54) is 11.8 Å². The van der Waals surface area contributed by atoms with Gasteiger partial charge in [0.15, 0.2) is 6.61 Å². The number of nitrogens with zero attached hydrogens (tertiary/aromatic N) is 2. The third-order valence-electron chi connectivity index (χ3n) is 4.68. The van der Waals surface area contributed by atoms with Crippen LogP contribution in [0.3, 0.4) is 0 Å². The Morgan fingerprint density at radius 2 is 1.90 bits per heavy atom. The number of thioether (sulfide) groups is 1. The van der Waals surface area contributed by atoms with Crippen molar-refractivity contribution in [3.05, 3.63) is 62.9 Å². The lowest BCUT2D eigenvalue weighted by Crippen LogP contribution is -2.15. The Hall–Kier alpha value is -2.32. The molecule has 0 spiro atoms. The van der Waals surface area contributed by atoms with Crippen molar-refractivity contribution in [2.45, 2.75) is 39.5 Å². The predicted molar refractivity (Wildman–Crippen MR) is 118 cm³/mol. The van der Waals surface area contributed by atoms with E-state index < -0.39 is 0 Å². The summed E-state index contributed by atoms with van der Waals surface area (Å²) in [7, 11) is 0. The van der Waals surface area contributed by atoms with Gasteiger partial charge in [0, 0.05) is 10.2 Å². The first-order valence-electron chi connectivity index (χ1n) is 9.05. The first-order chi connectivity index (χ1) is 13.8. The van der Waals surface area contributed by atoms with Gasteiger partial charge in [-0.05, 0) is 68.1 Å². The molecule has 0 aliphatic heterocycles. The normalized spacial score (nSPS) is 10.8. The number of halogens is 1. The van der Waals surface area contributed by atoms with Crippen molar-refractivity contribution in [1.82, 2.24) is 10.2 Å². The Bertz CT molecular complexity index is 1040. The molecule has 2 aromatic carbocycles. The average molecular weight is 476 g/mol. The number of carbonyl (C=O) groups excluding carboxylic acids is 1. The first kappa shape index (κ1) is 21.4. The van der Waals surface area contributed by atoms with Crippen LogP contribution in [0, 0.1) is 27.7 Å². The van der Waals surface area contributed by atoms with Crippen molar-refractivity contribution in [2.75, 3.05) is 11.1 Å². The van der Waals surface area contributed by atoms with Crippen LogP contribution < -0.4 is 10.1 Å². The Morgan fingerprint density at radius 1 is 1.10 bits per heavy atom. The fraction of sp³-hybridized carbons (Fsp3) is 0.286. The third kappa shape index (κ3) is 5.39. The van der Waals surface area contributed by atoms with Gasteiger partial charge in [0.2, 0.25) is 5.91 Å². The fourth-order valence-electron chi connectivity index (χ4n) is 2.61. The number of aromatic nitrogens is 2. The largest absolute Gasteiger partial charge is 0.484 e. The summed E-state index contributed by atoms with van der Waals surface area (Å²) in [6.45, 7) is 8.20. The van der Waals surface area contributed by atoms with E-state index in [0.717, 1.165) is 38.2 Å². The van der Waals surface area contributed by atoms with E-state index in [4.69, 9.17) is 9.15 Å². The second kappa shape index (κ2) is 9.45. The van der Waals surface area contributed by atoms with Crippen LogP contribution in [0.5, 0.6) is 5.75 Å². The summed E-state index contributed by atoms with van der Waals surface area (Å²) >= 11 is 4.68. The minimum absolute atomic E-state index is 0.133. The number of amides is 1. The Balaban J connectivity index is 1.52. The van der Waals surface area contributed by atoms with Gasteiger partial charge in [-0.3, -0.25) is 4.79 Å². The number of nitrogens with one attached hydrogen (secondary N) is 1. The molecular weight excluding hydrogens is 454 g/mol. The predicted octanol–water partition coefficient (Wildman–Crippen LogP) is 5.38. The zero-order chi connectivity index (χ0) is 21.0. The van der Waals surface area contributed by atoms with E-state index in [0.29, 0.717) is 11.1 Å². The molecular formula is C21H22BrN3O3S. The number of ether oxygens (including phenoxy) is 1. The average Bonchev–Trinajstić information content (AvgIpc) is 3.16. The van der Waals surface area contributed by atoms with Crippen molar-refractivity contribution in [1.29, 1.82) is 0 Å². The highest BCUT2D eigenvalue weighted by atomic mass is 79.9. The number of hydrogen-bond acceptors (Lipinski definition) is 6. The second-order valence-corrected chi connectivity index (χ2v) is 8.41. The van der Waals surface area contributed by atoms with Crippen molar-refractivity contribution < 1.29 is 13.9 Å². The van der Waals surface area contributed by atoms with Gasteiger partial charge in [0.25, 0.3) is 11.1 Å². The highest BCUT2D eigenvalue weighted by molar-refractivity contribution is 9.10. The smallest absolute Gasteiger partial charge is 0.277 e. The lowest BCUT2D eigenvalue weighted by atomic mass is 10.1. The van der Waals surface area contributed by atoms with Gasteiger partial charge in [0.05, 0.1) is 5.75 Å². The summed E-state index contributed by atoms with van der Waals surface area (Å²) in [6, 6.07) is 9.69. The SMILES string of the molecule is Cc1cccc(OCc2nnc(SCC(=O)Nc3ccc(Br)c(C)c3C)o2)c1C. The summed E-state index contributed by atoms with van der Waals surface area (Å²) in [5.41, 5.74) is 5.16. The van der Waals surface area contributed by atoms with Gasteiger partial charge in [0.1, 0.15) is 5.75 Å². The Morgan fingerprint density at radius 3 is 2.69 bits per heavy atom. The maximum atomic E-state index is 12.3. The third-order valence-corrected chi connectivity index (χ3v) is 6.35. The number of anilines is 1. The van der Waals surface area contributed by atoms with E-state index in [9.17, 15) is 4.79 Å². The van der Waals surface area contributed by atoms with Crippen molar-refractivity contribution in [3.63, 3.8) is 0 Å². The van der Waals surface area contributed by atoms with Gasteiger partial charge in [-0.1, -0.05) is 39.8 Å². The molecule has 0 aliphatic rings. The monoisotopic (exact) mass is 475 g/mol. The second-order valence-electron chi connectivity index (χ2n) is 6.63. The lowest BCUT2D eigenvalue weighted by Gasteiger charge is -2.11. The van der Waals surface area contributed by atoms with Crippen LogP contribution in [-0.4, -0.2) is 21.9 Å². The van der Waals surface area contributed by atoms with Crippen LogP contribution in [-0.2, 0) is 11.4 Å². The molecule has 1 amide bonds. The quantitative estimate of drug-likeness (QED) is 0.462. The van der Waals surface area contributed by atoms with Crippen LogP contribution in [0.4, 0.5) is 5.69 Å². The molecule has 0 bridgehead atoms. The Labute approximate surface area is 182 Å². The maximum Gasteiger partial charge on any atom is 0.277 e. The first-order valence-corrected chi connectivity index (χ1v) is 10.8. The van der Waals surface area contributed by atoms with Gasteiger partial charge >= 0.3 is 0 Å². The summed E-state index contributed by atoms with van der Waals surface area (Å²) < 4.78 is 12.3. The van der Waals surface area contributed by atoms with Gasteiger partial charge < -0.3 is 14.5 Å². The molecule has 1 aromatic heterocycles. The van der Waals surface area contributed by atoms with Crippen molar-refractivity contribution in [2.24, 2.45) is 0 Å². The number of aryl methyl sites for hydroxylation is 1. The van der Waals surface area contributed by atoms with E-state index >= 15 is 0 Å². The summed E-state index contributed by atoms with van der Waals surface area (Å²) in [4.78, 5) is 12.3. The Kier molecular flexibility index (Phi) is 6.97. The topological polar surface area (TPSA) is 77.2 Å². The number of benzene rings is 2. The highest BCUT2D eigenvalue weighted by Gasteiger charge is 2.13. The molecule has 1 heterocycles. The molecule has 0 saturated carbocycles. The maximum absolute atomic E-state index is 12.3. The van der Waals surface area contributed by atoms with Crippen LogP contribution in [0.2, 0.25) is 0 Å². The van der Waals surface area contributed by atoms with Gasteiger partial charge in [-0.2, -0.15) is 0 Å². The number of rotatable bonds is 7. The zero-order valence-electron chi connectivity index (χ0n) is 16.7. The van der Waals surface area contributed by atoms with Crippen LogP contribution in [0.15, 0.2) is 44.4 Å². The molecule has 3 aromatic rings. The number of carbonyl (C=O) groups is 1. The molecule has 8 heteroatoms. The minimum Gasteiger partial charge on any atom is -0.484 e. The molecule has 6 nitrogen and oxygen atoms in total. The van der Waals surface area contributed by atoms with Gasteiger partial charge in [-0.25, -0.2) is 0 Å².